The lowest BCUT2D eigenvalue weighted by atomic mass is 9.99. The van der Waals surface area contributed by atoms with Gasteiger partial charge in [0.2, 0.25) is 5.78 Å². The third kappa shape index (κ3) is 2.91. The number of benzene rings is 1. The predicted molar refractivity (Wildman–Crippen MR) is 108 cm³/mol. The van der Waals surface area contributed by atoms with E-state index in [-0.39, 0.29) is 5.78 Å². The van der Waals surface area contributed by atoms with Crippen LogP contribution in [0, 0.1) is 0 Å². The second-order valence-electron chi connectivity index (χ2n) is 7.39. The highest BCUT2D eigenvalue weighted by atomic mass is 32.1. The van der Waals surface area contributed by atoms with Crippen molar-refractivity contribution in [3.05, 3.63) is 57.6 Å². The quantitative estimate of drug-likeness (QED) is 0.706. The molecule has 2 N–H and O–H groups in total. The van der Waals surface area contributed by atoms with Crippen molar-refractivity contribution in [2.24, 2.45) is 0 Å². The van der Waals surface area contributed by atoms with Crippen molar-refractivity contribution in [2.45, 2.75) is 32.7 Å². The number of ketones is 1. The highest BCUT2D eigenvalue weighted by Crippen LogP contribution is 2.36. The number of carbonyl (C=O) groups excluding carboxylic acids is 1. The highest BCUT2D eigenvalue weighted by molar-refractivity contribution is 7.21. The van der Waals surface area contributed by atoms with E-state index >= 15 is 0 Å². The second-order valence-corrected chi connectivity index (χ2v) is 8.38. The van der Waals surface area contributed by atoms with Crippen LogP contribution in [0.5, 0.6) is 0 Å². The Kier molecular flexibility index (Phi) is 4.29. The molecule has 134 valence electrons. The molecule has 0 spiro atoms. The maximum atomic E-state index is 13.0. The van der Waals surface area contributed by atoms with Gasteiger partial charge in [0, 0.05) is 36.2 Å². The number of nitrogens with two attached hydrogens (primary N) is 1. The summed E-state index contributed by atoms with van der Waals surface area (Å²) >= 11 is 1.41. The molecule has 2 aromatic heterocycles. The summed E-state index contributed by atoms with van der Waals surface area (Å²) in [7, 11) is 2.11. The van der Waals surface area contributed by atoms with E-state index in [1.165, 1.54) is 22.5 Å². The predicted octanol–water partition coefficient (Wildman–Crippen LogP) is 4.22. The van der Waals surface area contributed by atoms with Gasteiger partial charge in [-0.2, -0.15) is 0 Å². The van der Waals surface area contributed by atoms with E-state index in [0.29, 0.717) is 22.0 Å². The van der Waals surface area contributed by atoms with Crippen LogP contribution in [0.2, 0.25) is 0 Å². The fourth-order valence-electron chi connectivity index (χ4n) is 3.46. The van der Waals surface area contributed by atoms with Crippen molar-refractivity contribution >= 4 is 33.0 Å². The first-order chi connectivity index (χ1) is 12.4. The van der Waals surface area contributed by atoms with Gasteiger partial charge in [0.25, 0.3) is 0 Å². The van der Waals surface area contributed by atoms with Gasteiger partial charge in [0.05, 0.1) is 5.69 Å². The Morgan fingerprint density at radius 2 is 2.00 bits per heavy atom. The number of hydrogen-bond donors (Lipinski definition) is 1. The maximum Gasteiger partial charge on any atom is 0.205 e. The van der Waals surface area contributed by atoms with Gasteiger partial charge >= 0.3 is 0 Å². The number of rotatable bonds is 3. The molecule has 1 aromatic carbocycles. The Hall–Kier alpha value is -2.24. The molecular formula is C21H23N3OS. The van der Waals surface area contributed by atoms with Crippen molar-refractivity contribution in [1.82, 2.24) is 9.88 Å². The van der Waals surface area contributed by atoms with Gasteiger partial charge in [-0.25, -0.2) is 4.98 Å². The molecule has 0 unspecified atom stereocenters. The topological polar surface area (TPSA) is 59.2 Å². The molecule has 0 atom stereocenters. The summed E-state index contributed by atoms with van der Waals surface area (Å²) in [5.74, 6) is 0.429. The van der Waals surface area contributed by atoms with Crippen LogP contribution in [-0.2, 0) is 13.0 Å². The van der Waals surface area contributed by atoms with E-state index in [9.17, 15) is 4.79 Å². The van der Waals surface area contributed by atoms with Crippen LogP contribution in [0.25, 0.3) is 10.2 Å². The maximum absolute atomic E-state index is 13.0. The van der Waals surface area contributed by atoms with Gasteiger partial charge < -0.3 is 10.6 Å². The molecule has 4 rings (SSSR count). The number of nitrogen functional groups attached to an aromatic ring is 1. The zero-order chi connectivity index (χ0) is 18.4. The van der Waals surface area contributed by atoms with Crippen molar-refractivity contribution in [3.63, 3.8) is 0 Å². The van der Waals surface area contributed by atoms with Gasteiger partial charge in [-0.1, -0.05) is 38.1 Å². The van der Waals surface area contributed by atoms with Crippen LogP contribution >= 0.6 is 11.3 Å². The lowest BCUT2D eigenvalue weighted by Crippen LogP contribution is -2.27. The first-order valence-corrected chi connectivity index (χ1v) is 9.79. The van der Waals surface area contributed by atoms with E-state index in [0.717, 1.165) is 35.4 Å². The summed E-state index contributed by atoms with van der Waals surface area (Å²) in [4.78, 5) is 21.5. The number of hydrogen-bond acceptors (Lipinski definition) is 5. The fraction of sp³-hybridized carbons (Fsp3) is 0.333. The van der Waals surface area contributed by atoms with E-state index < -0.39 is 0 Å². The van der Waals surface area contributed by atoms with Crippen molar-refractivity contribution in [2.75, 3.05) is 19.3 Å². The smallest absolute Gasteiger partial charge is 0.205 e. The lowest BCUT2D eigenvalue weighted by molar-refractivity contribution is 0.104. The van der Waals surface area contributed by atoms with E-state index in [2.05, 4.69) is 31.9 Å². The molecule has 0 radical (unpaired) electrons. The Bertz CT molecular complexity index is 989. The number of likely N-dealkylation sites (N-methyl/N-ethyl adjacent to an activating group) is 1. The van der Waals surface area contributed by atoms with Crippen molar-refractivity contribution in [1.29, 1.82) is 0 Å². The average molecular weight is 366 g/mol. The SMILES string of the molecule is CC(C)c1ccc(C(=O)c2sc3nc4c(cc3c2N)CN(C)CC4)cc1. The third-order valence-corrected chi connectivity index (χ3v) is 6.22. The summed E-state index contributed by atoms with van der Waals surface area (Å²) in [5.41, 5.74) is 11.2. The van der Waals surface area contributed by atoms with Gasteiger partial charge in [-0.3, -0.25) is 4.79 Å². The minimum absolute atomic E-state index is 0.0177. The number of aromatic nitrogens is 1. The minimum atomic E-state index is -0.0177. The first kappa shape index (κ1) is 17.2. The number of carbonyl (C=O) groups is 1. The van der Waals surface area contributed by atoms with Gasteiger partial charge in [-0.15, -0.1) is 11.3 Å². The number of pyridine rings is 1. The standard InChI is InChI=1S/C21H23N3OS/c1-12(2)13-4-6-14(7-5-13)19(25)20-18(22)16-10-15-11-24(3)9-8-17(15)23-21(16)26-20/h4-7,10,12H,8-9,11,22H2,1-3H3. The third-order valence-electron chi connectivity index (χ3n) is 5.11. The Morgan fingerprint density at radius 3 is 2.69 bits per heavy atom. The molecule has 0 bridgehead atoms. The largest absolute Gasteiger partial charge is 0.397 e. The zero-order valence-corrected chi connectivity index (χ0v) is 16.2. The molecule has 4 nitrogen and oxygen atoms in total. The second kappa shape index (κ2) is 6.49. The Labute approximate surface area is 157 Å². The van der Waals surface area contributed by atoms with Gasteiger partial charge in [0.15, 0.2) is 0 Å². The Balaban J connectivity index is 1.74. The normalized spacial score (nSPS) is 14.8. The molecule has 1 aliphatic heterocycles. The molecule has 1 aliphatic rings. The molecule has 3 aromatic rings. The summed E-state index contributed by atoms with van der Waals surface area (Å²) in [6, 6.07) is 9.96. The van der Waals surface area contributed by atoms with E-state index in [1.807, 2.05) is 24.3 Å². The van der Waals surface area contributed by atoms with Crippen LogP contribution in [-0.4, -0.2) is 29.3 Å². The van der Waals surface area contributed by atoms with E-state index in [1.54, 1.807) is 0 Å². The van der Waals surface area contributed by atoms with Crippen LogP contribution < -0.4 is 5.73 Å². The van der Waals surface area contributed by atoms with Crippen molar-refractivity contribution in [3.8, 4) is 0 Å². The summed E-state index contributed by atoms with van der Waals surface area (Å²) in [6.07, 6.45) is 0.944. The summed E-state index contributed by atoms with van der Waals surface area (Å²) in [5, 5.41) is 0.909. The molecular weight excluding hydrogens is 342 g/mol. The van der Waals surface area contributed by atoms with E-state index in [4.69, 9.17) is 10.7 Å². The molecule has 0 fully saturated rings. The number of thiophene rings is 1. The van der Waals surface area contributed by atoms with Gasteiger partial charge in [-0.05, 0) is 30.2 Å². The van der Waals surface area contributed by atoms with Crippen molar-refractivity contribution < 1.29 is 4.79 Å². The molecule has 0 saturated heterocycles. The molecule has 3 heterocycles. The monoisotopic (exact) mass is 365 g/mol. The molecule has 0 amide bonds. The number of anilines is 1. The average Bonchev–Trinajstić information content (AvgIpc) is 2.95. The first-order valence-electron chi connectivity index (χ1n) is 8.98. The fourth-order valence-corrected chi connectivity index (χ4v) is 4.52. The molecule has 0 aliphatic carbocycles. The van der Waals surface area contributed by atoms with Crippen LogP contribution in [0.4, 0.5) is 5.69 Å². The van der Waals surface area contributed by atoms with Crippen LogP contribution in [0.15, 0.2) is 30.3 Å². The molecule has 5 heteroatoms. The molecule has 26 heavy (non-hydrogen) atoms. The lowest BCUT2D eigenvalue weighted by Gasteiger charge is -2.24. The Morgan fingerprint density at radius 1 is 1.27 bits per heavy atom. The number of fused-ring (bicyclic) bond motifs is 2. The minimum Gasteiger partial charge on any atom is -0.397 e. The van der Waals surface area contributed by atoms with Crippen LogP contribution in [0.3, 0.4) is 0 Å². The summed E-state index contributed by atoms with van der Waals surface area (Å²) in [6.45, 7) is 6.19. The van der Waals surface area contributed by atoms with Crippen LogP contribution in [0.1, 0.15) is 51.8 Å². The summed E-state index contributed by atoms with van der Waals surface area (Å²) < 4.78 is 0. The zero-order valence-electron chi connectivity index (χ0n) is 15.4. The highest BCUT2D eigenvalue weighted by Gasteiger charge is 2.22. The van der Waals surface area contributed by atoms with Gasteiger partial charge in [0.1, 0.15) is 9.71 Å². The molecule has 0 saturated carbocycles. The number of nitrogens with zero attached hydrogens (tertiary/aromatic N) is 2.